The number of benzene rings is 1. The molecule has 5 heteroatoms. The zero-order valence-corrected chi connectivity index (χ0v) is 13.0. The van der Waals surface area contributed by atoms with E-state index in [1.807, 2.05) is 19.1 Å². The fourth-order valence-corrected chi connectivity index (χ4v) is 2.59. The minimum Gasteiger partial charge on any atom is -0.430 e. The molecule has 3 nitrogen and oxygen atoms in total. The van der Waals surface area contributed by atoms with Gasteiger partial charge in [-0.15, -0.1) is 0 Å². The second kappa shape index (κ2) is 5.80. The minimum atomic E-state index is 0.399. The first-order valence-electron chi connectivity index (χ1n) is 5.90. The molecule has 0 aliphatic heterocycles. The largest absolute Gasteiger partial charge is 0.430 e. The second-order valence-electron chi connectivity index (χ2n) is 4.27. The SMILES string of the molecule is CCc1nsc(Oc2ccc(Br)cc2C(C)C)n1. The lowest BCUT2D eigenvalue weighted by atomic mass is 10.0. The van der Waals surface area contributed by atoms with E-state index in [4.69, 9.17) is 4.74 Å². The van der Waals surface area contributed by atoms with Crippen LogP contribution in [0.25, 0.3) is 0 Å². The lowest BCUT2D eigenvalue weighted by Gasteiger charge is -2.12. The van der Waals surface area contributed by atoms with Crippen LogP contribution in [-0.4, -0.2) is 9.36 Å². The molecule has 0 saturated carbocycles. The molecule has 1 aromatic heterocycles. The van der Waals surface area contributed by atoms with Gasteiger partial charge in [-0.2, -0.15) is 9.36 Å². The zero-order valence-electron chi connectivity index (χ0n) is 10.6. The summed E-state index contributed by atoms with van der Waals surface area (Å²) in [6.07, 6.45) is 0.831. The smallest absolute Gasteiger partial charge is 0.298 e. The molecule has 0 aliphatic rings. The Morgan fingerprint density at radius 1 is 1.39 bits per heavy atom. The molecule has 1 heterocycles. The highest BCUT2D eigenvalue weighted by molar-refractivity contribution is 9.10. The maximum absolute atomic E-state index is 5.83. The zero-order chi connectivity index (χ0) is 13.1. The Balaban J connectivity index is 2.28. The van der Waals surface area contributed by atoms with E-state index >= 15 is 0 Å². The van der Waals surface area contributed by atoms with Gasteiger partial charge in [0.05, 0.1) is 0 Å². The number of hydrogen-bond donors (Lipinski definition) is 0. The van der Waals surface area contributed by atoms with Gasteiger partial charge in [-0.3, -0.25) is 0 Å². The van der Waals surface area contributed by atoms with Crippen molar-refractivity contribution < 1.29 is 4.74 Å². The first kappa shape index (κ1) is 13.5. The Hall–Kier alpha value is -0.940. The van der Waals surface area contributed by atoms with E-state index in [0.29, 0.717) is 11.1 Å². The van der Waals surface area contributed by atoms with Crippen molar-refractivity contribution in [1.29, 1.82) is 0 Å². The standard InChI is InChI=1S/C13H15BrN2OS/c1-4-12-15-13(18-16-12)17-11-6-5-9(14)7-10(11)8(2)3/h5-8H,4H2,1-3H3. The van der Waals surface area contributed by atoms with Crippen LogP contribution in [0, 0.1) is 0 Å². The Morgan fingerprint density at radius 3 is 2.78 bits per heavy atom. The summed E-state index contributed by atoms with van der Waals surface area (Å²) in [5.41, 5.74) is 1.16. The summed E-state index contributed by atoms with van der Waals surface area (Å²) in [5, 5.41) is 0.607. The Labute approximate surface area is 120 Å². The molecule has 18 heavy (non-hydrogen) atoms. The van der Waals surface area contributed by atoms with Crippen LogP contribution in [0.4, 0.5) is 0 Å². The number of aromatic nitrogens is 2. The predicted molar refractivity (Wildman–Crippen MR) is 77.6 cm³/mol. The maximum Gasteiger partial charge on any atom is 0.298 e. The van der Waals surface area contributed by atoms with Crippen LogP contribution < -0.4 is 4.74 Å². The fraction of sp³-hybridized carbons (Fsp3) is 0.385. The van der Waals surface area contributed by atoms with Gasteiger partial charge in [-0.05, 0) is 29.7 Å². The highest BCUT2D eigenvalue weighted by atomic mass is 79.9. The summed E-state index contributed by atoms with van der Waals surface area (Å²) in [7, 11) is 0. The predicted octanol–water partition coefficient (Wildman–Crippen LogP) is 4.78. The van der Waals surface area contributed by atoms with Crippen LogP contribution in [0.1, 0.15) is 38.1 Å². The van der Waals surface area contributed by atoms with Crippen molar-refractivity contribution >= 4 is 27.5 Å². The molecule has 0 bridgehead atoms. The summed E-state index contributed by atoms with van der Waals surface area (Å²) in [5.74, 6) is 2.08. The Bertz CT molecular complexity index is 540. The van der Waals surface area contributed by atoms with Crippen LogP contribution >= 0.6 is 27.5 Å². The molecule has 0 saturated heterocycles. The molecule has 0 atom stereocenters. The van der Waals surface area contributed by atoms with Crippen LogP contribution in [0.5, 0.6) is 10.9 Å². The van der Waals surface area contributed by atoms with Gasteiger partial charge in [0.1, 0.15) is 11.6 Å². The summed E-state index contributed by atoms with van der Waals surface area (Å²) < 4.78 is 11.1. The average Bonchev–Trinajstić information content (AvgIpc) is 2.79. The van der Waals surface area contributed by atoms with Gasteiger partial charge >= 0.3 is 0 Å². The highest BCUT2D eigenvalue weighted by Crippen LogP contribution is 2.33. The summed E-state index contributed by atoms with van der Waals surface area (Å²) in [4.78, 5) is 4.32. The number of nitrogens with zero attached hydrogens (tertiary/aromatic N) is 2. The first-order chi connectivity index (χ1) is 8.60. The molecule has 0 N–H and O–H groups in total. The first-order valence-corrected chi connectivity index (χ1v) is 7.46. The molecular weight excluding hydrogens is 312 g/mol. The molecule has 0 unspecified atom stereocenters. The van der Waals surface area contributed by atoms with Gasteiger partial charge < -0.3 is 4.74 Å². The van der Waals surface area contributed by atoms with Crippen molar-refractivity contribution in [2.24, 2.45) is 0 Å². The van der Waals surface area contributed by atoms with E-state index < -0.39 is 0 Å². The van der Waals surface area contributed by atoms with Gasteiger partial charge in [0.25, 0.3) is 5.19 Å². The molecule has 2 rings (SSSR count). The second-order valence-corrected chi connectivity index (χ2v) is 5.90. The molecule has 96 valence electrons. The molecule has 0 fully saturated rings. The quantitative estimate of drug-likeness (QED) is 0.811. The third kappa shape index (κ3) is 3.09. The topological polar surface area (TPSA) is 35.0 Å². The molecule has 0 amide bonds. The number of hydrogen-bond acceptors (Lipinski definition) is 4. The fourth-order valence-electron chi connectivity index (χ4n) is 1.58. The van der Waals surface area contributed by atoms with E-state index in [1.165, 1.54) is 11.5 Å². The lowest BCUT2D eigenvalue weighted by Crippen LogP contribution is -1.94. The summed E-state index contributed by atoms with van der Waals surface area (Å²) >= 11 is 4.78. The maximum atomic E-state index is 5.83. The number of ether oxygens (including phenoxy) is 1. The van der Waals surface area contributed by atoms with Crippen molar-refractivity contribution in [2.75, 3.05) is 0 Å². The van der Waals surface area contributed by atoms with E-state index in [1.54, 1.807) is 0 Å². The van der Waals surface area contributed by atoms with Crippen molar-refractivity contribution in [1.82, 2.24) is 9.36 Å². The Kier molecular flexibility index (Phi) is 4.35. The van der Waals surface area contributed by atoms with Gasteiger partial charge in [0, 0.05) is 22.4 Å². The lowest BCUT2D eigenvalue weighted by molar-refractivity contribution is 0.468. The van der Waals surface area contributed by atoms with Crippen molar-refractivity contribution in [3.63, 3.8) is 0 Å². The van der Waals surface area contributed by atoms with E-state index in [0.717, 1.165) is 28.0 Å². The van der Waals surface area contributed by atoms with Gasteiger partial charge in [-0.1, -0.05) is 36.7 Å². The third-order valence-corrected chi connectivity index (χ3v) is 3.68. The van der Waals surface area contributed by atoms with E-state index in [-0.39, 0.29) is 0 Å². The molecule has 0 radical (unpaired) electrons. The average molecular weight is 327 g/mol. The Morgan fingerprint density at radius 2 is 2.17 bits per heavy atom. The van der Waals surface area contributed by atoms with Gasteiger partial charge in [0.15, 0.2) is 0 Å². The van der Waals surface area contributed by atoms with Crippen LogP contribution in [0.3, 0.4) is 0 Å². The minimum absolute atomic E-state index is 0.399. The number of rotatable bonds is 4. The number of aryl methyl sites for hydroxylation is 1. The molecule has 2 aromatic rings. The highest BCUT2D eigenvalue weighted by Gasteiger charge is 2.11. The van der Waals surface area contributed by atoms with Crippen molar-refractivity contribution in [3.05, 3.63) is 34.1 Å². The molecule has 0 aliphatic carbocycles. The summed E-state index contributed by atoms with van der Waals surface area (Å²) in [6.45, 7) is 6.32. The molecule has 0 spiro atoms. The monoisotopic (exact) mass is 326 g/mol. The van der Waals surface area contributed by atoms with E-state index in [9.17, 15) is 0 Å². The van der Waals surface area contributed by atoms with E-state index in [2.05, 4.69) is 45.2 Å². The normalized spacial score (nSPS) is 10.9. The molecule has 1 aromatic carbocycles. The van der Waals surface area contributed by atoms with Crippen LogP contribution in [0.15, 0.2) is 22.7 Å². The van der Waals surface area contributed by atoms with Crippen molar-refractivity contribution in [3.8, 4) is 10.9 Å². The number of halogens is 1. The van der Waals surface area contributed by atoms with Gasteiger partial charge in [0.2, 0.25) is 0 Å². The van der Waals surface area contributed by atoms with Gasteiger partial charge in [-0.25, -0.2) is 0 Å². The van der Waals surface area contributed by atoms with Crippen molar-refractivity contribution in [2.45, 2.75) is 33.1 Å². The van der Waals surface area contributed by atoms with Crippen LogP contribution in [0.2, 0.25) is 0 Å². The summed E-state index contributed by atoms with van der Waals surface area (Å²) in [6, 6.07) is 6.02. The molecular formula is C13H15BrN2OS. The third-order valence-electron chi connectivity index (χ3n) is 2.56. The van der Waals surface area contributed by atoms with Crippen LogP contribution in [-0.2, 0) is 6.42 Å².